The largest absolute Gasteiger partial charge is 0.484 e. The van der Waals surface area contributed by atoms with Crippen molar-refractivity contribution < 1.29 is 9.53 Å². The van der Waals surface area contributed by atoms with Crippen LogP contribution >= 0.6 is 27.3 Å². The number of benzene rings is 2. The summed E-state index contributed by atoms with van der Waals surface area (Å²) in [5.41, 5.74) is 0.983. The molecule has 0 unspecified atom stereocenters. The van der Waals surface area contributed by atoms with Crippen LogP contribution in [-0.4, -0.2) is 30.6 Å². The molecule has 0 aliphatic rings. The minimum atomic E-state index is -0.149. The Balaban J connectivity index is 1.36. The van der Waals surface area contributed by atoms with Crippen molar-refractivity contribution in [2.24, 2.45) is 0 Å². The van der Waals surface area contributed by atoms with Crippen molar-refractivity contribution in [2.45, 2.75) is 0 Å². The maximum atomic E-state index is 11.7. The molecule has 0 saturated carbocycles. The van der Waals surface area contributed by atoms with Crippen molar-refractivity contribution >= 4 is 48.5 Å². The Bertz CT molecular complexity index is 787. The average molecular weight is 406 g/mol. The van der Waals surface area contributed by atoms with Gasteiger partial charge in [0.15, 0.2) is 11.7 Å². The second kappa shape index (κ2) is 8.12. The van der Waals surface area contributed by atoms with Gasteiger partial charge in [0.1, 0.15) is 5.75 Å². The molecule has 0 atom stereocenters. The Morgan fingerprint density at radius 2 is 1.92 bits per heavy atom. The summed E-state index contributed by atoms with van der Waals surface area (Å²) in [5, 5.41) is 6.88. The lowest BCUT2D eigenvalue weighted by atomic mass is 10.3. The molecule has 3 aromatic rings. The number of nitrogens with zero attached hydrogens (tertiary/aromatic N) is 1. The Hall–Kier alpha value is -2.12. The summed E-state index contributed by atoms with van der Waals surface area (Å²) >= 11 is 4.95. The van der Waals surface area contributed by atoms with Crippen molar-refractivity contribution in [3.63, 3.8) is 0 Å². The van der Waals surface area contributed by atoms with Gasteiger partial charge in [0.25, 0.3) is 5.91 Å². The molecule has 3 rings (SSSR count). The molecule has 1 amide bonds. The molecule has 0 saturated heterocycles. The summed E-state index contributed by atoms with van der Waals surface area (Å²) in [7, 11) is 0. The molecule has 2 N–H and O–H groups in total. The molecule has 0 spiro atoms. The molecule has 0 aliphatic carbocycles. The predicted molar refractivity (Wildman–Crippen MR) is 101 cm³/mol. The number of thiazole rings is 1. The molecule has 1 heterocycles. The first kappa shape index (κ1) is 16.7. The number of anilines is 1. The summed E-state index contributed by atoms with van der Waals surface area (Å²) in [6, 6.07) is 15.4. The highest BCUT2D eigenvalue weighted by molar-refractivity contribution is 9.10. The average Bonchev–Trinajstić information content (AvgIpc) is 3.01. The van der Waals surface area contributed by atoms with Crippen LogP contribution in [0.1, 0.15) is 0 Å². The third kappa shape index (κ3) is 4.69. The second-order valence-corrected chi connectivity index (χ2v) is 6.95. The van der Waals surface area contributed by atoms with E-state index in [0.717, 1.165) is 19.8 Å². The Morgan fingerprint density at radius 1 is 1.12 bits per heavy atom. The number of hydrogen-bond donors (Lipinski definition) is 2. The lowest BCUT2D eigenvalue weighted by molar-refractivity contribution is -0.123. The standard InChI is InChI=1S/C17H16BrN3O2S/c18-12-5-7-13(8-6-12)23-11-16(22)19-9-10-20-17-21-14-3-1-2-4-15(14)24-17/h1-8H,9-11H2,(H,19,22)(H,20,21). The fraction of sp³-hybridized carbons (Fsp3) is 0.176. The molecule has 2 aromatic carbocycles. The number of carbonyl (C=O) groups excluding carboxylic acids is 1. The number of rotatable bonds is 7. The van der Waals surface area contributed by atoms with Crippen LogP contribution in [-0.2, 0) is 4.79 Å². The minimum absolute atomic E-state index is 0.00275. The molecular formula is C17H16BrN3O2S. The topological polar surface area (TPSA) is 63.2 Å². The van der Waals surface area contributed by atoms with Crippen molar-refractivity contribution in [3.8, 4) is 5.75 Å². The molecule has 5 nitrogen and oxygen atoms in total. The van der Waals surface area contributed by atoms with Crippen molar-refractivity contribution in [3.05, 3.63) is 53.0 Å². The number of para-hydroxylation sites is 1. The van der Waals surface area contributed by atoms with Crippen LogP contribution in [0.2, 0.25) is 0 Å². The van der Waals surface area contributed by atoms with Crippen LogP contribution in [0.4, 0.5) is 5.13 Å². The third-order valence-electron chi connectivity index (χ3n) is 3.20. The van der Waals surface area contributed by atoms with Gasteiger partial charge < -0.3 is 15.4 Å². The first-order chi connectivity index (χ1) is 11.7. The SMILES string of the molecule is O=C(COc1ccc(Br)cc1)NCCNc1nc2ccccc2s1. The fourth-order valence-electron chi connectivity index (χ4n) is 2.05. The highest BCUT2D eigenvalue weighted by Crippen LogP contribution is 2.24. The first-order valence-corrected chi connectivity index (χ1v) is 9.06. The van der Waals surface area contributed by atoms with Crippen LogP contribution in [0.25, 0.3) is 10.2 Å². The number of halogens is 1. The fourth-order valence-corrected chi connectivity index (χ4v) is 3.21. The molecule has 124 valence electrons. The predicted octanol–water partition coefficient (Wildman–Crippen LogP) is 3.67. The van der Waals surface area contributed by atoms with Gasteiger partial charge in [-0.2, -0.15) is 0 Å². The van der Waals surface area contributed by atoms with Crippen molar-refractivity contribution in [1.29, 1.82) is 0 Å². The summed E-state index contributed by atoms with van der Waals surface area (Å²) in [4.78, 5) is 16.2. The number of fused-ring (bicyclic) bond motifs is 1. The van der Waals surface area contributed by atoms with Crippen LogP contribution < -0.4 is 15.4 Å². The smallest absolute Gasteiger partial charge is 0.258 e. The summed E-state index contributed by atoms with van der Waals surface area (Å²) < 4.78 is 7.53. The molecule has 0 radical (unpaired) electrons. The Morgan fingerprint density at radius 3 is 2.71 bits per heavy atom. The lowest BCUT2D eigenvalue weighted by Gasteiger charge is -2.08. The van der Waals surface area contributed by atoms with E-state index in [0.29, 0.717) is 18.8 Å². The third-order valence-corrected chi connectivity index (χ3v) is 4.72. The van der Waals surface area contributed by atoms with E-state index in [-0.39, 0.29) is 12.5 Å². The van der Waals surface area contributed by atoms with E-state index in [1.54, 1.807) is 11.3 Å². The van der Waals surface area contributed by atoms with Gasteiger partial charge in [-0.25, -0.2) is 4.98 Å². The van der Waals surface area contributed by atoms with Gasteiger partial charge in [0.05, 0.1) is 10.2 Å². The van der Waals surface area contributed by atoms with Gasteiger partial charge in [-0.05, 0) is 36.4 Å². The quantitative estimate of drug-likeness (QED) is 0.588. The lowest BCUT2D eigenvalue weighted by Crippen LogP contribution is -2.32. The Kier molecular flexibility index (Phi) is 5.66. The summed E-state index contributed by atoms with van der Waals surface area (Å²) in [6.45, 7) is 1.13. The molecule has 0 aliphatic heterocycles. The molecule has 7 heteroatoms. The maximum Gasteiger partial charge on any atom is 0.258 e. The number of hydrogen-bond acceptors (Lipinski definition) is 5. The molecule has 0 fully saturated rings. The van der Waals surface area contributed by atoms with Gasteiger partial charge in [-0.1, -0.05) is 39.4 Å². The number of nitrogens with one attached hydrogen (secondary N) is 2. The van der Waals surface area contributed by atoms with E-state index in [9.17, 15) is 4.79 Å². The van der Waals surface area contributed by atoms with E-state index < -0.39 is 0 Å². The Labute approximate surface area is 152 Å². The zero-order valence-corrected chi connectivity index (χ0v) is 15.2. The molecular weight excluding hydrogens is 390 g/mol. The minimum Gasteiger partial charge on any atom is -0.484 e. The van der Waals surface area contributed by atoms with Gasteiger partial charge in [0.2, 0.25) is 0 Å². The molecule has 24 heavy (non-hydrogen) atoms. The first-order valence-electron chi connectivity index (χ1n) is 7.45. The van der Waals surface area contributed by atoms with Crippen LogP contribution in [0.3, 0.4) is 0 Å². The summed E-state index contributed by atoms with van der Waals surface area (Å²) in [5.74, 6) is 0.518. The maximum absolute atomic E-state index is 11.7. The van der Waals surface area contributed by atoms with Gasteiger partial charge in [-0.15, -0.1) is 0 Å². The number of aromatic nitrogens is 1. The van der Waals surface area contributed by atoms with Crippen molar-refractivity contribution in [2.75, 3.05) is 25.0 Å². The second-order valence-electron chi connectivity index (χ2n) is 5.01. The highest BCUT2D eigenvalue weighted by atomic mass is 79.9. The number of ether oxygens (including phenoxy) is 1. The van der Waals surface area contributed by atoms with E-state index in [2.05, 4.69) is 31.5 Å². The van der Waals surface area contributed by atoms with E-state index in [1.165, 1.54) is 0 Å². The van der Waals surface area contributed by atoms with Crippen molar-refractivity contribution in [1.82, 2.24) is 10.3 Å². The van der Waals surface area contributed by atoms with Gasteiger partial charge in [-0.3, -0.25) is 4.79 Å². The summed E-state index contributed by atoms with van der Waals surface area (Å²) in [6.07, 6.45) is 0. The highest BCUT2D eigenvalue weighted by Gasteiger charge is 2.04. The zero-order chi connectivity index (χ0) is 16.8. The number of carbonyl (C=O) groups is 1. The van der Waals surface area contributed by atoms with E-state index in [1.807, 2.05) is 48.5 Å². The van der Waals surface area contributed by atoms with E-state index in [4.69, 9.17) is 4.74 Å². The molecule has 0 bridgehead atoms. The van der Waals surface area contributed by atoms with E-state index >= 15 is 0 Å². The van der Waals surface area contributed by atoms with Gasteiger partial charge in [0, 0.05) is 17.6 Å². The van der Waals surface area contributed by atoms with Crippen LogP contribution in [0, 0.1) is 0 Å². The van der Waals surface area contributed by atoms with Gasteiger partial charge >= 0.3 is 0 Å². The normalized spacial score (nSPS) is 10.5. The van der Waals surface area contributed by atoms with Crippen LogP contribution in [0.5, 0.6) is 5.75 Å². The zero-order valence-electron chi connectivity index (χ0n) is 12.8. The molecule has 1 aromatic heterocycles. The monoisotopic (exact) mass is 405 g/mol. The number of amides is 1. The van der Waals surface area contributed by atoms with Crippen LogP contribution in [0.15, 0.2) is 53.0 Å².